The molecule has 4 N–H and O–H groups in total. The lowest BCUT2D eigenvalue weighted by Crippen LogP contribution is -2.36. The van der Waals surface area contributed by atoms with Crippen LogP contribution in [-0.2, 0) is 11.8 Å². The molecule has 0 aliphatic heterocycles. The van der Waals surface area contributed by atoms with Gasteiger partial charge in [0.15, 0.2) is 5.16 Å². The van der Waals surface area contributed by atoms with E-state index in [9.17, 15) is 4.79 Å². The van der Waals surface area contributed by atoms with Crippen LogP contribution in [0.15, 0.2) is 17.6 Å². The number of hydrogen-bond acceptors (Lipinski definition) is 4. The SMILES string of the molecule is Cn1ccnc1SCCC(N)C(N)=O. The number of imidazole rings is 1. The Balaban J connectivity index is 2.29. The van der Waals surface area contributed by atoms with Crippen molar-refractivity contribution in [1.29, 1.82) is 0 Å². The van der Waals surface area contributed by atoms with Crippen LogP contribution in [0.3, 0.4) is 0 Å². The third kappa shape index (κ3) is 3.04. The molecule has 1 aromatic rings. The molecule has 0 saturated carbocycles. The molecular weight excluding hydrogens is 200 g/mol. The number of carbonyl (C=O) groups excluding carboxylic acids is 1. The quantitative estimate of drug-likeness (QED) is 0.660. The number of aryl methyl sites for hydroxylation is 1. The predicted octanol–water partition coefficient (Wildman–Crippen LogP) is -0.285. The van der Waals surface area contributed by atoms with Crippen LogP contribution in [-0.4, -0.2) is 27.3 Å². The van der Waals surface area contributed by atoms with Crippen LogP contribution in [0.4, 0.5) is 0 Å². The minimum Gasteiger partial charge on any atom is -0.368 e. The van der Waals surface area contributed by atoms with Crippen LogP contribution in [0.2, 0.25) is 0 Å². The molecule has 1 aromatic heterocycles. The molecule has 5 nitrogen and oxygen atoms in total. The number of rotatable bonds is 5. The smallest absolute Gasteiger partial charge is 0.234 e. The van der Waals surface area contributed by atoms with E-state index < -0.39 is 11.9 Å². The largest absolute Gasteiger partial charge is 0.368 e. The monoisotopic (exact) mass is 214 g/mol. The van der Waals surface area contributed by atoms with E-state index in [4.69, 9.17) is 11.5 Å². The van der Waals surface area contributed by atoms with E-state index in [1.165, 1.54) is 0 Å². The summed E-state index contributed by atoms with van der Waals surface area (Å²) in [5.74, 6) is 0.292. The Morgan fingerprint density at radius 3 is 3.00 bits per heavy atom. The minimum atomic E-state index is -0.553. The predicted molar refractivity (Wildman–Crippen MR) is 55.7 cm³/mol. The topological polar surface area (TPSA) is 86.9 Å². The van der Waals surface area contributed by atoms with E-state index >= 15 is 0 Å². The molecule has 1 rings (SSSR count). The molecule has 14 heavy (non-hydrogen) atoms. The number of nitrogens with two attached hydrogens (primary N) is 2. The maximum absolute atomic E-state index is 10.6. The fourth-order valence-electron chi connectivity index (χ4n) is 0.910. The van der Waals surface area contributed by atoms with Gasteiger partial charge in [-0.2, -0.15) is 0 Å². The minimum absolute atomic E-state index is 0.453. The molecular formula is C8H14N4OS. The van der Waals surface area contributed by atoms with E-state index in [1.807, 2.05) is 17.8 Å². The molecule has 1 heterocycles. The third-order valence-corrected chi connectivity index (χ3v) is 2.89. The highest BCUT2D eigenvalue weighted by Gasteiger charge is 2.09. The van der Waals surface area contributed by atoms with Gasteiger partial charge in [-0.3, -0.25) is 4.79 Å². The van der Waals surface area contributed by atoms with E-state index in [2.05, 4.69) is 4.98 Å². The van der Waals surface area contributed by atoms with Crippen molar-refractivity contribution in [2.45, 2.75) is 17.6 Å². The molecule has 78 valence electrons. The fourth-order valence-corrected chi connectivity index (χ4v) is 1.86. The zero-order valence-electron chi connectivity index (χ0n) is 8.01. The first-order chi connectivity index (χ1) is 6.61. The Kier molecular flexibility index (Phi) is 3.97. The molecule has 1 amide bonds. The Morgan fingerprint density at radius 2 is 2.50 bits per heavy atom. The van der Waals surface area contributed by atoms with Crippen molar-refractivity contribution >= 4 is 17.7 Å². The first-order valence-electron chi connectivity index (χ1n) is 4.26. The molecule has 0 aliphatic rings. The summed E-state index contributed by atoms with van der Waals surface area (Å²) in [5, 5.41) is 0.918. The highest BCUT2D eigenvalue weighted by molar-refractivity contribution is 7.99. The van der Waals surface area contributed by atoms with Gasteiger partial charge in [0.05, 0.1) is 6.04 Å². The Bertz CT molecular complexity index is 312. The van der Waals surface area contributed by atoms with Crippen molar-refractivity contribution in [3.63, 3.8) is 0 Å². The van der Waals surface area contributed by atoms with Crippen LogP contribution < -0.4 is 11.5 Å². The van der Waals surface area contributed by atoms with Gasteiger partial charge < -0.3 is 16.0 Å². The molecule has 0 bridgehead atoms. The van der Waals surface area contributed by atoms with Crippen molar-refractivity contribution in [3.8, 4) is 0 Å². The van der Waals surface area contributed by atoms with E-state index in [0.717, 1.165) is 10.9 Å². The van der Waals surface area contributed by atoms with E-state index in [1.54, 1.807) is 18.0 Å². The van der Waals surface area contributed by atoms with Gasteiger partial charge in [0.25, 0.3) is 0 Å². The molecule has 1 atom stereocenters. The Morgan fingerprint density at radius 1 is 1.79 bits per heavy atom. The molecule has 0 spiro atoms. The Labute approximate surface area is 86.9 Å². The number of primary amides is 1. The fraction of sp³-hybridized carbons (Fsp3) is 0.500. The van der Waals surface area contributed by atoms with Crippen molar-refractivity contribution in [1.82, 2.24) is 9.55 Å². The summed E-state index contributed by atoms with van der Waals surface area (Å²) in [6, 6.07) is -0.553. The number of carbonyl (C=O) groups is 1. The molecule has 0 radical (unpaired) electrons. The lowest BCUT2D eigenvalue weighted by atomic mass is 10.2. The molecule has 0 fully saturated rings. The molecule has 0 saturated heterocycles. The summed E-state index contributed by atoms with van der Waals surface area (Å²) in [5.41, 5.74) is 10.5. The number of aromatic nitrogens is 2. The zero-order chi connectivity index (χ0) is 10.6. The second-order valence-electron chi connectivity index (χ2n) is 2.97. The summed E-state index contributed by atoms with van der Waals surface area (Å²) >= 11 is 1.56. The summed E-state index contributed by atoms with van der Waals surface area (Å²) in [4.78, 5) is 14.8. The summed E-state index contributed by atoms with van der Waals surface area (Å²) in [6.07, 6.45) is 4.18. The van der Waals surface area contributed by atoms with Crippen LogP contribution in [0.1, 0.15) is 6.42 Å². The van der Waals surface area contributed by atoms with Crippen LogP contribution in [0.25, 0.3) is 0 Å². The van der Waals surface area contributed by atoms with Crippen molar-refractivity contribution < 1.29 is 4.79 Å². The van der Waals surface area contributed by atoms with Gasteiger partial charge in [-0.1, -0.05) is 11.8 Å². The van der Waals surface area contributed by atoms with E-state index in [-0.39, 0.29) is 0 Å². The van der Waals surface area contributed by atoms with Crippen LogP contribution >= 0.6 is 11.8 Å². The van der Waals surface area contributed by atoms with Gasteiger partial charge >= 0.3 is 0 Å². The van der Waals surface area contributed by atoms with Gasteiger partial charge in [0, 0.05) is 25.2 Å². The number of amides is 1. The number of hydrogen-bond donors (Lipinski definition) is 2. The summed E-state index contributed by atoms with van der Waals surface area (Å²) in [6.45, 7) is 0. The van der Waals surface area contributed by atoms with Crippen LogP contribution in [0, 0.1) is 0 Å². The lowest BCUT2D eigenvalue weighted by molar-refractivity contribution is -0.119. The average molecular weight is 214 g/mol. The number of nitrogens with zero attached hydrogens (tertiary/aromatic N) is 2. The molecule has 0 aromatic carbocycles. The van der Waals surface area contributed by atoms with Gasteiger partial charge in [0.1, 0.15) is 0 Å². The maximum atomic E-state index is 10.6. The van der Waals surface area contributed by atoms with Gasteiger partial charge in [-0.25, -0.2) is 4.98 Å². The summed E-state index contributed by atoms with van der Waals surface area (Å²) < 4.78 is 1.92. The summed E-state index contributed by atoms with van der Waals surface area (Å²) in [7, 11) is 1.92. The molecule has 6 heteroatoms. The van der Waals surface area contributed by atoms with Gasteiger partial charge in [-0.15, -0.1) is 0 Å². The van der Waals surface area contributed by atoms with Crippen molar-refractivity contribution in [3.05, 3.63) is 12.4 Å². The maximum Gasteiger partial charge on any atom is 0.234 e. The zero-order valence-corrected chi connectivity index (χ0v) is 8.83. The standard InChI is InChI=1S/C8H14N4OS/c1-12-4-3-11-8(12)14-5-2-6(9)7(10)13/h3-4,6H,2,5,9H2,1H3,(H2,10,13). The van der Waals surface area contributed by atoms with Gasteiger partial charge in [-0.05, 0) is 6.42 Å². The first-order valence-corrected chi connectivity index (χ1v) is 5.25. The van der Waals surface area contributed by atoms with Crippen molar-refractivity contribution in [2.75, 3.05) is 5.75 Å². The van der Waals surface area contributed by atoms with Gasteiger partial charge in [0.2, 0.25) is 5.91 Å². The van der Waals surface area contributed by atoms with Crippen molar-refractivity contribution in [2.24, 2.45) is 18.5 Å². The first kappa shape index (κ1) is 11.1. The van der Waals surface area contributed by atoms with E-state index in [0.29, 0.717) is 6.42 Å². The molecule has 1 unspecified atom stereocenters. The second kappa shape index (κ2) is 5.02. The number of thioether (sulfide) groups is 1. The third-order valence-electron chi connectivity index (χ3n) is 1.80. The average Bonchev–Trinajstić information content (AvgIpc) is 2.51. The Hall–Kier alpha value is -1.01. The molecule has 0 aliphatic carbocycles. The van der Waals surface area contributed by atoms with Crippen LogP contribution in [0.5, 0.6) is 0 Å². The highest BCUT2D eigenvalue weighted by atomic mass is 32.2. The normalized spacial score (nSPS) is 12.7. The second-order valence-corrected chi connectivity index (χ2v) is 4.03. The lowest BCUT2D eigenvalue weighted by Gasteiger charge is -2.06. The highest BCUT2D eigenvalue weighted by Crippen LogP contribution is 2.15.